The van der Waals surface area contributed by atoms with Crippen molar-refractivity contribution in [1.29, 1.82) is 0 Å². The van der Waals surface area contributed by atoms with E-state index in [9.17, 15) is 0 Å². The highest BCUT2D eigenvalue weighted by Crippen LogP contribution is 2.46. The predicted molar refractivity (Wildman–Crippen MR) is 90.6 cm³/mol. The lowest BCUT2D eigenvalue weighted by Crippen LogP contribution is -2.47. The molecule has 0 amide bonds. The minimum Gasteiger partial charge on any atom is -0.313 e. The first-order valence-corrected chi connectivity index (χ1v) is 9.59. The number of hydrogen-bond acceptors (Lipinski definition) is 2. The molecule has 1 aliphatic heterocycles. The van der Waals surface area contributed by atoms with E-state index in [0.29, 0.717) is 5.41 Å². The Morgan fingerprint density at radius 3 is 2.33 bits per heavy atom. The molecule has 1 N–H and O–H groups in total. The Labute approximate surface area is 132 Å². The Morgan fingerprint density at radius 2 is 1.76 bits per heavy atom. The largest absolute Gasteiger partial charge is 0.313 e. The SMILES string of the molecule is CCCC(C)(CNC1CC1)CN1CCC2(CCCC2)CC1. The summed E-state index contributed by atoms with van der Waals surface area (Å²) >= 11 is 0. The molecule has 3 aliphatic rings. The van der Waals surface area contributed by atoms with Gasteiger partial charge in [-0.1, -0.05) is 33.1 Å². The summed E-state index contributed by atoms with van der Waals surface area (Å²) in [5.41, 5.74) is 1.25. The van der Waals surface area contributed by atoms with Gasteiger partial charge in [-0.2, -0.15) is 0 Å². The molecule has 1 spiro atoms. The number of nitrogens with one attached hydrogen (secondary N) is 1. The molecule has 1 heterocycles. The molecule has 1 atom stereocenters. The molecule has 0 aromatic heterocycles. The lowest BCUT2D eigenvalue weighted by molar-refractivity contribution is 0.0692. The number of likely N-dealkylation sites (tertiary alicyclic amines) is 1. The number of piperidine rings is 1. The van der Waals surface area contributed by atoms with Crippen molar-refractivity contribution in [2.45, 2.75) is 84.1 Å². The van der Waals surface area contributed by atoms with Crippen molar-refractivity contribution < 1.29 is 0 Å². The van der Waals surface area contributed by atoms with Crippen molar-refractivity contribution in [3.63, 3.8) is 0 Å². The van der Waals surface area contributed by atoms with E-state index in [1.165, 1.54) is 90.4 Å². The van der Waals surface area contributed by atoms with Gasteiger partial charge in [0.1, 0.15) is 0 Å². The first kappa shape index (κ1) is 15.8. The van der Waals surface area contributed by atoms with Crippen LogP contribution in [0.3, 0.4) is 0 Å². The van der Waals surface area contributed by atoms with E-state index in [-0.39, 0.29) is 0 Å². The second-order valence-electron chi connectivity index (χ2n) is 8.70. The van der Waals surface area contributed by atoms with E-state index in [0.717, 1.165) is 11.5 Å². The fourth-order valence-corrected chi connectivity index (χ4v) is 4.86. The molecular weight excluding hydrogens is 256 g/mol. The number of nitrogens with zero attached hydrogens (tertiary/aromatic N) is 1. The van der Waals surface area contributed by atoms with Crippen LogP contribution in [-0.2, 0) is 0 Å². The van der Waals surface area contributed by atoms with Gasteiger partial charge in [-0.15, -0.1) is 0 Å². The number of rotatable bonds is 7. The highest BCUT2D eigenvalue weighted by Gasteiger charge is 2.38. The van der Waals surface area contributed by atoms with E-state index in [4.69, 9.17) is 0 Å². The Morgan fingerprint density at radius 1 is 1.10 bits per heavy atom. The summed E-state index contributed by atoms with van der Waals surface area (Å²) in [7, 11) is 0. The van der Waals surface area contributed by atoms with E-state index in [1.54, 1.807) is 0 Å². The summed E-state index contributed by atoms with van der Waals surface area (Å²) in [5, 5.41) is 3.79. The zero-order valence-corrected chi connectivity index (χ0v) is 14.4. The standard InChI is InChI=1S/C19H36N2/c1-3-8-18(2,15-20-17-6-7-17)16-21-13-11-19(12-14-21)9-4-5-10-19/h17,20H,3-16H2,1-2H3. The lowest BCUT2D eigenvalue weighted by atomic mass is 9.76. The van der Waals surface area contributed by atoms with Crippen LogP contribution in [-0.4, -0.2) is 37.1 Å². The molecule has 2 heteroatoms. The van der Waals surface area contributed by atoms with Crippen LogP contribution in [0.1, 0.15) is 78.1 Å². The zero-order valence-electron chi connectivity index (χ0n) is 14.4. The van der Waals surface area contributed by atoms with Crippen molar-refractivity contribution in [2.24, 2.45) is 10.8 Å². The van der Waals surface area contributed by atoms with Gasteiger partial charge in [-0.25, -0.2) is 0 Å². The van der Waals surface area contributed by atoms with Crippen molar-refractivity contribution >= 4 is 0 Å². The summed E-state index contributed by atoms with van der Waals surface area (Å²) in [6, 6.07) is 0.851. The quantitative estimate of drug-likeness (QED) is 0.756. The Balaban J connectivity index is 1.48. The second kappa shape index (κ2) is 6.58. The van der Waals surface area contributed by atoms with Crippen molar-refractivity contribution in [3.05, 3.63) is 0 Å². The minimum absolute atomic E-state index is 0.484. The molecule has 2 aliphatic carbocycles. The maximum absolute atomic E-state index is 3.79. The van der Waals surface area contributed by atoms with Gasteiger partial charge in [-0.05, 0) is 68.9 Å². The summed E-state index contributed by atoms with van der Waals surface area (Å²) < 4.78 is 0. The van der Waals surface area contributed by atoms with Gasteiger partial charge in [-0.3, -0.25) is 0 Å². The predicted octanol–water partition coefficient (Wildman–Crippen LogP) is 4.20. The molecular formula is C19H36N2. The molecule has 2 saturated carbocycles. The second-order valence-corrected chi connectivity index (χ2v) is 8.70. The molecule has 21 heavy (non-hydrogen) atoms. The van der Waals surface area contributed by atoms with Crippen LogP contribution in [0.2, 0.25) is 0 Å². The van der Waals surface area contributed by atoms with Crippen LogP contribution in [0, 0.1) is 10.8 Å². The third-order valence-electron chi connectivity index (χ3n) is 6.43. The van der Waals surface area contributed by atoms with Gasteiger partial charge in [0.25, 0.3) is 0 Å². The summed E-state index contributed by atoms with van der Waals surface area (Å²) in [4.78, 5) is 2.79. The molecule has 0 radical (unpaired) electrons. The molecule has 0 aromatic rings. The first-order chi connectivity index (χ1) is 10.1. The molecule has 1 unspecified atom stereocenters. The van der Waals surface area contributed by atoms with Gasteiger partial charge < -0.3 is 10.2 Å². The topological polar surface area (TPSA) is 15.3 Å². The summed E-state index contributed by atoms with van der Waals surface area (Å²) in [5.74, 6) is 0. The van der Waals surface area contributed by atoms with Crippen molar-refractivity contribution in [1.82, 2.24) is 10.2 Å². The lowest BCUT2D eigenvalue weighted by Gasteiger charge is -2.43. The Bertz CT molecular complexity index is 320. The van der Waals surface area contributed by atoms with Gasteiger partial charge >= 0.3 is 0 Å². The van der Waals surface area contributed by atoms with Crippen molar-refractivity contribution in [3.8, 4) is 0 Å². The third-order valence-corrected chi connectivity index (χ3v) is 6.43. The monoisotopic (exact) mass is 292 g/mol. The van der Waals surface area contributed by atoms with E-state index in [2.05, 4.69) is 24.1 Å². The Hall–Kier alpha value is -0.0800. The molecule has 3 rings (SSSR count). The van der Waals surface area contributed by atoms with E-state index >= 15 is 0 Å². The normalized spacial score (nSPS) is 28.9. The maximum Gasteiger partial charge on any atom is 0.00684 e. The van der Waals surface area contributed by atoms with Crippen LogP contribution < -0.4 is 5.32 Å². The van der Waals surface area contributed by atoms with E-state index in [1.807, 2.05) is 0 Å². The van der Waals surface area contributed by atoms with Gasteiger partial charge in [0.2, 0.25) is 0 Å². The smallest absolute Gasteiger partial charge is 0.00684 e. The van der Waals surface area contributed by atoms with Crippen LogP contribution in [0.4, 0.5) is 0 Å². The molecule has 2 nitrogen and oxygen atoms in total. The average molecular weight is 293 g/mol. The van der Waals surface area contributed by atoms with Gasteiger partial charge in [0, 0.05) is 19.1 Å². The zero-order chi connectivity index (χ0) is 14.8. The molecule has 1 saturated heterocycles. The third kappa shape index (κ3) is 4.22. The molecule has 3 fully saturated rings. The average Bonchev–Trinajstić information content (AvgIpc) is 3.20. The van der Waals surface area contributed by atoms with Gasteiger partial charge in [0.15, 0.2) is 0 Å². The van der Waals surface area contributed by atoms with Crippen LogP contribution in [0.5, 0.6) is 0 Å². The van der Waals surface area contributed by atoms with Gasteiger partial charge in [0.05, 0.1) is 0 Å². The van der Waals surface area contributed by atoms with Crippen LogP contribution in [0.25, 0.3) is 0 Å². The van der Waals surface area contributed by atoms with Crippen LogP contribution in [0.15, 0.2) is 0 Å². The molecule has 0 aromatic carbocycles. The van der Waals surface area contributed by atoms with Crippen molar-refractivity contribution in [2.75, 3.05) is 26.2 Å². The van der Waals surface area contributed by atoms with E-state index < -0.39 is 0 Å². The fraction of sp³-hybridized carbons (Fsp3) is 1.00. The number of hydrogen-bond donors (Lipinski definition) is 1. The molecule has 122 valence electrons. The van der Waals surface area contributed by atoms with Crippen LogP contribution >= 0.6 is 0 Å². The summed E-state index contributed by atoms with van der Waals surface area (Å²) in [6.45, 7) is 10.1. The molecule has 0 bridgehead atoms. The first-order valence-electron chi connectivity index (χ1n) is 9.59. The highest BCUT2D eigenvalue weighted by atomic mass is 15.1. The summed E-state index contributed by atoms with van der Waals surface area (Å²) in [6.07, 6.45) is 14.5. The Kier molecular flexibility index (Phi) is 4.95. The maximum atomic E-state index is 3.79. The fourth-order valence-electron chi connectivity index (χ4n) is 4.86. The highest BCUT2D eigenvalue weighted by molar-refractivity contribution is 4.92. The minimum atomic E-state index is 0.484.